The van der Waals surface area contributed by atoms with E-state index in [1.54, 1.807) is 11.0 Å². The number of benzene rings is 2. The largest absolute Gasteiger partial charge is 0.326 e. The number of aryl methyl sites for hydroxylation is 1. The predicted octanol–water partition coefficient (Wildman–Crippen LogP) is 4.01. The van der Waals surface area contributed by atoms with Gasteiger partial charge in [-0.2, -0.15) is 4.31 Å². The summed E-state index contributed by atoms with van der Waals surface area (Å²) in [5, 5.41) is 3.01. The van der Waals surface area contributed by atoms with Gasteiger partial charge in [0.1, 0.15) is 4.90 Å². The van der Waals surface area contributed by atoms with E-state index < -0.39 is 10.0 Å². The lowest BCUT2D eigenvalue weighted by Gasteiger charge is -2.31. The van der Waals surface area contributed by atoms with E-state index in [1.165, 1.54) is 11.2 Å². The van der Waals surface area contributed by atoms with E-state index in [1.807, 2.05) is 38.1 Å². The maximum absolute atomic E-state index is 13.6. The number of nitrogens with zero attached hydrogens (tertiary/aromatic N) is 2. The maximum Gasteiger partial charge on any atom is 0.245 e. The van der Waals surface area contributed by atoms with Gasteiger partial charge in [0, 0.05) is 42.6 Å². The molecule has 0 bridgehead atoms. The quantitative estimate of drug-likeness (QED) is 0.642. The van der Waals surface area contributed by atoms with Crippen LogP contribution in [0.1, 0.15) is 36.5 Å². The van der Waals surface area contributed by atoms with E-state index in [9.17, 15) is 18.0 Å². The Morgan fingerprint density at radius 1 is 1.09 bits per heavy atom. The van der Waals surface area contributed by atoms with E-state index >= 15 is 0 Å². The third-order valence-electron chi connectivity index (χ3n) is 6.68. The minimum absolute atomic E-state index is 0.0770. The molecule has 2 heterocycles. The molecule has 176 valence electrons. The summed E-state index contributed by atoms with van der Waals surface area (Å²) >= 11 is 3.42. The number of hydrogen-bond acceptors (Lipinski definition) is 4. The number of piperidine rings is 1. The number of carbonyl (C=O) groups is 2. The molecule has 0 unspecified atom stereocenters. The Labute approximate surface area is 203 Å². The Morgan fingerprint density at radius 3 is 2.45 bits per heavy atom. The second-order valence-corrected chi connectivity index (χ2v) is 11.6. The normalized spacial score (nSPS) is 17.2. The number of rotatable bonds is 4. The number of hydrogen-bond donors (Lipinski definition) is 1. The van der Waals surface area contributed by atoms with Gasteiger partial charge in [0.15, 0.2) is 0 Å². The molecule has 2 aromatic rings. The fourth-order valence-electron chi connectivity index (χ4n) is 4.60. The van der Waals surface area contributed by atoms with E-state index in [2.05, 4.69) is 21.2 Å². The van der Waals surface area contributed by atoms with E-state index in [0.29, 0.717) is 36.0 Å². The van der Waals surface area contributed by atoms with Crippen LogP contribution in [0, 0.1) is 19.8 Å². The van der Waals surface area contributed by atoms with E-state index in [-0.39, 0.29) is 35.7 Å². The van der Waals surface area contributed by atoms with Crippen LogP contribution in [0.5, 0.6) is 0 Å². The molecule has 2 aliphatic rings. The topological polar surface area (TPSA) is 86.8 Å². The molecular weight excluding hydrogens is 506 g/mol. The number of carbonyl (C=O) groups excluding carboxylic acids is 2. The highest BCUT2D eigenvalue weighted by Crippen LogP contribution is 2.39. The second-order valence-electron chi connectivity index (χ2n) is 8.75. The van der Waals surface area contributed by atoms with E-state index in [4.69, 9.17) is 0 Å². The average Bonchev–Trinajstić information content (AvgIpc) is 3.20. The Hall–Kier alpha value is -2.23. The zero-order chi connectivity index (χ0) is 23.9. The van der Waals surface area contributed by atoms with Crippen molar-refractivity contribution in [1.29, 1.82) is 0 Å². The molecule has 0 aromatic heterocycles. The maximum atomic E-state index is 13.6. The molecule has 4 rings (SSSR count). The van der Waals surface area contributed by atoms with Gasteiger partial charge in [-0.05, 0) is 68.0 Å². The Bertz CT molecular complexity index is 1220. The molecule has 33 heavy (non-hydrogen) atoms. The lowest BCUT2D eigenvalue weighted by Crippen LogP contribution is -2.42. The third kappa shape index (κ3) is 4.58. The molecule has 0 saturated carbocycles. The SMILES string of the molecule is CC(=O)N1CCc2cc(Br)cc(S(=O)(=O)N3CCC(C(=O)Nc4cccc(C)c4C)CC3)c21. The summed E-state index contributed by atoms with van der Waals surface area (Å²) in [5.74, 6) is -0.500. The number of nitrogens with one attached hydrogen (secondary N) is 1. The molecule has 2 aliphatic heterocycles. The first kappa shape index (κ1) is 23.9. The molecule has 1 saturated heterocycles. The number of fused-ring (bicyclic) bond motifs is 1. The van der Waals surface area contributed by atoms with Crippen LogP contribution in [0.15, 0.2) is 39.7 Å². The van der Waals surface area contributed by atoms with Crippen molar-refractivity contribution in [1.82, 2.24) is 4.31 Å². The van der Waals surface area contributed by atoms with Crippen molar-refractivity contribution in [3.8, 4) is 0 Å². The summed E-state index contributed by atoms with van der Waals surface area (Å²) in [6.07, 6.45) is 1.52. The summed E-state index contributed by atoms with van der Waals surface area (Å²) < 4.78 is 29.3. The van der Waals surface area contributed by atoms with Crippen LogP contribution >= 0.6 is 15.9 Å². The molecule has 2 aromatic carbocycles. The summed E-state index contributed by atoms with van der Waals surface area (Å²) in [6.45, 7) is 6.42. The Morgan fingerprint density at radius 2 is 1.79 bits per heavy atom. The van der Waals surface area contributed by atoms with Crippen molar-refractivity contribution in [3.63, 3.8) is 0 Å². The van der Waals surface area contributed by atoms with Gasteiger partial charge in [-0.3, -0.25) is 9.59 Å². The molecule has 1 fully saturated rings. The lowest BCUT2D eigenvalue weighted by atomic mass is 9.97. The van der Waals surface area contributed by atoms with Crippen molar-refractivity contribution >= 4 is 49.1 Å². The first-order valence-corrected chi connectivity index (χ1v) is 13.3. The monoisotopic (exact) mass is 533 g/mol. The van der Waals surface area contributed by atoms with Crippen molar-refractivity contribution in [2.75, 3.05) is 29.9 Å². The molecular formula is C24H28BrN3O4S. The fraction of sp³-hybridized carbons (Fsp3) is 0.417. The van der Waals surface area contributed by atoms with Gasteiger partial charge in [-0.25, -0.2) is 8.42 Å². The molecule has 0 aliphatic carbocycles. The van der Waals surface area contributed by atoms with Gasteiger partial charge in [0.25, 0.3) is 0 Å². The lowest BCUT2D eigenvalue weighted by molar-refractivity contribution is -0.121. The summed E-state index contributed by atoms with van der Waals surface area (Å²) in [7, 11) is -3.82. The standard InChI is InChI=1S/C24H28BrN3O4S/c1-15-5-4-6-21(16(15)2)26-24(30)18-7-10-27(11-8-18)33(31,32)22-14-20(25)13-19-9-12-28(17(3)29)23(19)22/h4-6,13-14,18H,7-12H2,1-3H3,(H,26,30). The van der Waals surface area contributed by atoms with Crippen LogP contribution in [0.3, 0.4) is 0 Å². The van der Waals surface area contributed by atoms with Gasteiger partial charge in [0.2, 0.25) is 21.8 Å². The summed E-state index contributed by atoms with van der Waals surface area (Å²) in [4.78, 5) is 26.7. The van der Waals surface area contributed by atoms with E-state index in [0.717, 1.165) is 22.4 Å². The van der Waals surface area contributed by atoms with Crippen molar-refractivity contribution in [2.45, 2.75) is 44.9 Å². The molecule has 7 nitrogen and oxygen atoms in total. The smallest absolute Gasteiger partial charge is 0.245 e. The predicted molar refractivity (Wildman–Crippen MR) is 132 cm³/mol. The summed E-state index contributed by atoms with van der Waals surface area (Å²) in [5.41, 5.74) is 4.27. The minimum Gasteiger partial charge on any atom is -0.326 e. The van der Waals surface area contributed by atoms with Gasteiger partial charge in [0.05, 0.1) is 5.69 Å². The number of amides is 2. The number of sulfonamides is 1. The molecule has 1 N–H and O–H groups in total. The zero-order valence-electron chi connectivity index (χ0n) is 19.0. The van der Waals surface area contributed by atoms with Crippen LogP contribution in [0.2, 0.25) is 0 Å². The van der Waals surface area contributed by atoms with Gasteiger partial charge in [-0.1, -0.05) is 28.1 Å². The molecule has 0 spiro atoms. The molecule has 0 radical (unpaired) electrons. The van der Waals surface area contributed by atoms with Gasteiger partial charge >= 0.3 is 0 Å². The molecule has 9 heteroatoms. The highest BCUT2D eigenvalue weighted by atomic mass is 79.9. The number of anilines is 2. The van der Waals surface area contributed by atoms with Gasteiger partial charge in [-0.15, -0.1) is 0 Å². The first-order valence-electron chi connectivity index (χ1n) is 11.1. The second kappa shape index (κ2) is 9.19. The van der Waals surface area contributed by atoms with Crippen LogP contribution in [-0.4, -0.2) is 44.2 Å². The zero-order valence-corrected chi connectivity index (χ0v) is 21.4. The Balaban J connectivity index is 1.51. The summed E-state index contributed by atoms with van der Waals surface area (Å²) in [6, 6.07) is 9.25. The third-order valence-corrected chi connectivity index (χ3v) is 9.05. The number of halogens is 1. The Kier molecular flexibility index (Phi) is 6.66. The van der Waals surface area contributed by atoms with Crippen molar-refractivity contribution in [2.24, 2.45) is 5.92 Å². The first-order chi connectivity index (χ1) is 15.6. The fourth-order valence-corrected chi connectivity index (χ4v) is 6.99. The van der Waals surface area contributed by atoms with Crippen LogP contribution in [0.25, 0.3) is 0 Å². The highest BCUT2D eigenvalue weighted by molar-refractivity contribution is 9.10. The van der Waals surface area contributed by atoms with Crippen molar-refractivity contribution in [3.05, 3.63) is 51.5 Å². The van der Waals surface area contributed by atoms with Crippen LogP contribution in [-0.2, 0) is 26.0 Å². The average molecular weight is 534 g/mol. The van der Waals surface area contributed by atoms with Crippen LogP contribution < -0.4 is 10.2 Å². The molecule has 2 amide bonds. The minimum atomic E-state index is -3.82. The van der Waals surface area contributed by atoms with Gasteiger partial charge < -0.3 is 10.2 Å². The van der Waals surface area contributed by atoms with Crippen molar-refractivity contribution < 1.29 is 18.0 Å². The highest BCUT2D eigenvalue weighted by Gasteiger charge is 2.37. The van der Waals surface area contributed by atoms with Crippen LogP contribution in [0.4, 0.5) is 11.4 Å². The molecule has 0 atom stereocenters.